The molecule has 3 aromatic rings. The molecule has 3 rings (SSSR count). The second kappa shape index (κ2) is 10.1. The molecule has 0 spiro atoms. The summed E-state index contributed by atoms with van der Waals surface area (Å²) in [7, 11) is 0. The molecule has 0 saturated heterocycles. The lowest BCUT2D eigenvalue weighted by Crippen LogP contribution is -2.45. The third-order valence-electron chi connectivity index (χ3n) is 4.37. The quantitative estimate of drug-likeness (QED) is 0.546. The first-order chi connectivity index (χ1) is 15.2. The standard InChI is InChI=1S/C24H27N3O5/c1-5-30-22(28)20(27-23(29)32-24(2,3)4)14-16-6-8-18(9-7-16)31-21-19-15-25-12-10-17(19)11-13-26-21/h6-13,15,20H,5,14H2,1-4H3,(H,27,29)/t20-/m0/s1. The van der Waals surface area contributed by atoms with Gasteiger partial charge in [0.1, 0.15) is 17.4 Å². The predicted octanol–water partition coefficient (Wildman–Crippen LogP) is 4.42. The van der Waals surface area contributed by atoms with Crippen LogP contribution in [0.3, 0.4) is 0 Å². The van der Waals surface area contributed by atoms with Gasteiger partial charge in [0.05, 0.1) is 12.0 Å². The van der Waals surface area contributed by atoms with Crippen LogP contribution in [0.5, 0.6) is 11.6 Å². The number of rotatable bonds is 7. The summed E-state index contributed by atoms with van der Waals surface area (Å²) in [5.41, 5.74) is 0.145. The number of ether oxygens (including phenoxy) is 3. The number of carbonyl (C=O) groups is 2. The molecular weight excluding hydrogens is 410 g/mol. The molecule has 0 saturated carbocycles. The van der Waals surface area contributed by atoms with Gasteiger partial charge in [-0.3, -0.25) is 4.98 Å². The van der Waals surface area contributed by atoms with E-state index in [0.29, 0.717) is 11.6 Å². The number of nitrogens with zero attached hydrogens (tertiary/aromatic N) is 2. The van der Waals surface area contributed by atoms with Crippen molar-refractivity contribution >= 4 is 22.8 Å². The van der Waals surface area contributed by atoms with Crippen molar-refractivity contribution in [2.24, 2.45) is 0 Å². The van der Waals surface area contributed by atoms with E-state index in [9.17, 15) is 9.59 Å². The number of fused-ring (bicyclic) bond motifs is 1. The zero-order valence-corrected chi connectivity index (χ0v) is 18.6. The second-order valence-corrected chi connectivity index (χ2v) is 8.11. The number of hydrogen-bond acceptors (Lipinski definition) is 7. The Hall–Kier alpha value is -3.68. The molecule has 1 amide bonds. The van der Waals surface area contributed by atoms with Crippen LogP contribution in [-0.4, -0.2) is 40.3 Å². The normalized spacial score (nSPS) is 12.1. The number of benzene rings is 1. The first-order valence-corrected chi connectivity index (χ1v) is 10.4. The van der Waals surface area contributed by atoms with Gasteiger partial charge in [0.15, 0.2) is 0 Å². The fourth-order valence-electron chi connectivity index (χ4n) is 2.99. The van der Waals surface area contributed by atoms with E-state index in [4.69, 9.17) is 14.2 Å². The van der Waals surface area contributed by atoms with E-state index in [-0.39, 0.29) is 13.0 Å². The number of hydrogen-bond donors (Lipinski definition) is 1. The Kier molecular flexibility index (Phi) is 7.25. The Labute approximate surface area is 186 Å². The Bertz CT molecular complexity index is 1070. The summed E-state index contributed by atoms with van der Waals surface area (Å²) >= 11 is 0. The van der Waals surface area contributed by atoms with Crippen LogP contribution in [0, 0.1) is 0 Å². The largest absolute Gasteiger partial charge is 0.464 e. The van der Waals surface area contributed by atoms with Crippen LogP contribution in [0.1, 0.15) is 33.3 Å². The molecule has 0 aliphatic rings. The fourth-order valence-corrected chi connectivity index (χ4v) is 2.99. The third-order valence-corrected chi connectivity index (χ3v) is 4.37. The number of amides is 1. The average Bonchev–Trinajstić information content (AvgIpc) is 2.74. The summed E-state index contributed by atoms with van der Waals surface area (Å²) in [6.07, 6.45) is 4.67. The van der Waals surface area contributed by atoms with E-state index in [1.807, 2.05) is 24.3 Å². The van der Waals surface area contributed by atoms with Crippen LogP contribution >= 0.6 is 0 Å². The molecule has 1 N–H and O–H groups in total. The van der Waals surface area contributed by atoms with E-state index in [0.717, 1.165) is 16.3 Å². The van der Waals surface area contributed by atoms with Crippen molar-refractivity contribution < 1.29 is 23.8 Å². The second-order valence-electron chi connectivity index (χ2n) is 8.11. The van der Waals surface area contributed by atoms with Gasteiger partial charge < -0.3 is 19.5 Å². The van der Waals surface area contributed by atoms with Crippen molar-refractivity contribution in [2.45, 2.75) is 45.8 Å². The van der Waals surface area contributed by atoms with E-state index in [1.54, 1.807) is 58.4 Å². The van der Waals surface area contributed by atoms with Crippen LogP contribution in [0.25, 0.3) is 10.8 Å². The highest BCUT2D eigenvalue weighted by Crippen LogP contribution is 2.27. The highest BCUT2D eigenvalue weighted by molar-refractivity contribution is 5.85. The molecule has 0 bridgehead atoms. The molecule has 2 heterocycles. The number of nitrogens with one attached hydrogen (secondary N) is 1. The SMILES string of the molecule is CCOC(=O)[C@H](Cc1ccc(Oc2nccc3ccncc23)cc1)NC(=O)OC(C)(C)C. The van der Waals surface area contributed by atoms with E-state index in [1.165, 1.54) is 0 Å². The fraction of sp³-hybridized carbons (Fsp3) is 0.333. The maximum Gasteiger partial charge on any atom is 0.408 e. The molecule has 0 aliphatic heterocycles. The predicted molar refractivity (Wildman–Crippen MR) is 120 cm³/mol. The Balaban J connectivity index is 1.71. The molecule has 32 heavy (non-hydrogen) atoms. The van der Waals surface area contributed by atoms with Crippen LogP contribution < -0.4 is 10.1 Å². The monoisotopic (exact) mass is 437 g/mol. The highest BCUT2D eigenvalue weighted by atomic mass is 16.6. The number of alkyl carbamates (subject to hydrolysis) is 1. The minimum atomic E-state index is -0.873. The summed E-state index contributed by atoms with van der Waals surface area (Å²) < 4.78 is 16.3. The maximum absolute atomic E-state index is 12.3. The molecule has 0 fully saturated rings. The Morgan fingerprint density at radius 2 is 1.78 bits per heavy atom. The molecule has 0 radical (unpaired) electrons. The number of aromatic nitrogens is 2. The van der Waals surface area contributed by atoms with Crippen molar-refractivity contribution in [3.8, 4) is 11.6 Å². The molecular formula is C24H27N3O5. The molecule has 1 atom stereocenters. The Morgan fingerprint density at radius 3 is 2.47 bits per heavy atom. The van der Waals surface area contributed by atoms with Gasteiger partial charge in [-0.2, -0.15) is 0 Å². The maximum atomic E-state index is 12.3. The smallest absolute Gasteiger partial charge is 0.408 e. The van der Waals surface area contributed by atoms with Gasteiger partial charge in [-0.1, -0.05) is 12.1 Å². The zero-order chi connectivity index (χ0) is 23.1. The molecule has 168 valence electrons. The Morgan fingerprint density at radius 1 is 1.06 bits per heavy atom. The zero-order valence-electron chi connectivity index (χ0n) is 18.6. The van der Waals surface area contributed by atoms with Gasteiger partial charge in [0, 0.05) is 25.0 Å². The topological polar surface area (TPSA) is 99.6 Å². The third kappa shape index (κ3) is 6.41. The van der Waals surface area contributed by atoms with Crippen LogP contribution in [0.4, 0.5) is 4.79 Å². The van der Waals surface area contributed by atoms with Gasteiger partial charge in [-0.15, -0.1) is 0 Å². The lowest BCUT2D eigenvalue weighted by molar-refractivity contribution is -0.145. The van der Waals surface area contributed by atoms with Gasteiger partial charge >= 0.3 is 12.1 Å². The number of pyridine rings is 2. The molecule has 0 unspecified atom stereocenters. The average molecular weight is 437 g/mol. The van der Waals surface area contributed by atoms with Crippen molar-refractivity contribution in [1.82, 2.24) is 15.3 Å². The van der Waals surface area contributed by atoms with Crippen molar-refractivity contribution in [1.29, 1.82) is 0 Å². The van der Waals surface area contributed by atoms with Gasteiger partial charge in [0.2, 0.25) is 5.88 Å². The molecule has 8 heteroatoms. The van der Waals surface area contributed by atoms with E-state index >= 15 is 0 Å². The summed E-state index contributed by atoms with van der Waals surface area (Å²) in [4.78, 5) is 32.9. The minimum Gasteiger partial charge on any atom is -0.464 e. The summed E-state index contributed by atoms with van der Waals surface area (Å²) in [5.74, 6) is 0.524. The molecule has 2 aromatic heterocycles. The lowest BCUT2D eigenvalue weighted by atomic mass is 10.1. The highest BCUT2D eigenvalue weighted by Gasteiger charge is 2.25. The van der Waals surface area contributed by atoms with Crippen LogP contribution in [0.2, 0.25) is 0 Å². The van der Waals surface area contributed by atoms with E-state index in [2.05, 4.69) is 15.3 Å². The van der Waals surface area contributed by atoms with Crippen molar-refractivity contribution in [2.75, 3.05) is 6.61 Å². The summed E-state index contributed by atoms with van der Waals surface area (Å²) in [5, 5.41) is 4.38. The summed E-state index contributed by atoms with van der Waals surface area (Å²) in [6, 6.07) is 10.1. The molecule has 8 nitrogen and oxygen atoms in total. The summed E-state index contributed by atoms with van der Waals surface area (Å²) in [6.45, 7) is 7.19. The minimum absolute atomic E-state index is 0.213. The van der Waals surface area contributed by atoms with Crippen molar-refractivity contribution in [3.05, 3.63) is 60.6 Å². The lowest BCUT2D eigenvalue weighted by Gasteiger charge is -2.23. The van der Waals surface area contributed by atoms with Gasteiger partial charge in [-0.05, 0) is 62.9 Å². The number of esters is 1. The molecule has 1 aromatic carbocycles. The van der Waals surface area contributed by atoms with Gasteiger partial charge in [-0.25, -0.2) is 14.6 Å². The first-order valence-electron chi connectivity index (χ1n) is 10.4. The van der Waals surface area contributed by atoms with Crippen LogP contribution in [-0.2, 0) is 20.7 Å². The van der Waals surface area contributed by atoms with E-state index < -0.39 is 23.7 Å². The van der Waals surface area contributed by atoms with Crippen molar-refractivity contribution in [3.63, 3.8) is 0 Å². The van der Waals surface area contributed by atoms with Gasteiger partial charge in [0.25, 0.3) is 0 Å². The molecule has 0 aliphatic carbocycles. The van der Waals surface area contributed by atoms with Crippen LogP contribution in [0.15, 0.2) is 55.0 Å². The first kappa shape index (κ1) is 23.0. The number of carbonyl (C=O) groups excluding carboxylic acids is 2.